The maximum atomic E-state index is 12.2. The lowest BCUT2D eigenvalue weighted by Crippen LogP contribution is -2.21. The predicted octanol–water partition coefficient (Wildman–Crippen LogP) is 4.75. The van der Waals surface area contributed by atoms with Crippen molar-refractivity contribution in [3.8, 4) is 5.69 Å². The van der Waals surface area contributed by atoms with Crippen molar-refractivity contribution in [2.75, 3.05) is 18.0 Å². The van der Waals surface area contributed by atoms with Crippen LogP contribution >= 0.6 is 11.6 Å². The molecule has 3 rings (SSSR count). The normalized spacial score (nSPS) is 11.1. The van der Waals surface area contributed by atoms with Gasteiger partial charge >= 0.3 is 0 Å². The molecule has 0 aliphatic rings. The summed E-state index contributed by atoms with van der Waals surface area (Å²) in [6.07, 6.45) is 3.18. The zero-order chi connectivity index (χ0) is 21.7. The predicted molar refractivity (Wildman–Crippen MR) is 123 cm³/mol. The Bertz CT molecular complexity index is 1050. The molecule has 2 aromatic heterocycles. The molecule has 1 N–H and O–H groups in total. The van der Waals surface area contributed by atoms with Crippen LogP contribution in [-0.2, 0) is 0 Å². The van der Waals surface area contributed by atoms with E-state index in [1.165, 1.54) is 11.9 Å². The summed E-state index contributed by atoms with van der Waals surface area (Å²) in [6, 6.07) is 13.8. The number of nitrogens with one attached hydrogen (secondary N) is 1. The fourth-order valence-corrected chi connectivity index (χ4v) is 3.70. The number of halogens is 1. The smallest absolute Gasteiger partial charge is 0.274 e. The molecule has 7 heteroatoms. The average molecular weight is 424 g/mol. The lowest BCUT2D eigenvalue weighted by molar-refractivity contribution is 0.0955. The number of hydrogen-bond donors (Lipinski definition) is 1. The van der Waals surface area contributed by atoms with Crippen molar-refractivity contribution >= 4 is 29.4 Å². The van der Waals surface area contributed by atoms with Gasteiger partial charge in [-0.1, -0.05) is 11.6 Å². The molecule has 0 bridgehead atoms. The summed E-state index contributed by atoms with van der Waals surface area (Å²) in [5.41, 5.74) is 8.16. The van der Waals surface area contributed by atoms with Crippen molar-refractivity contribution < 1.29 is 4.79 Å². The highest BCUT2D eigenvalue weighted by Gasteiger charge is 2.12. The zero-order valence-electron chi connectivity index (χ0n) is 17.7. The molecule has 0 aliphatic carbocycles. The van der Waals surface area contributed by atoms with E-state index in [2.05, 4.69) is 70.0 Å². The third kappa shape index (κ3) is 4.54. The van der Waals surface area contributed by atoms with Gasteiger partial charge < -0.3 is 9.47 Å². The van der Waals surface area contributed by atoms with Crippen LogP contribution in [0, 0.1) is 13.8 Å². The number of amides is 1. The molecule has 1 aromatic carbocycles. The van der Waals surface area contributed by atoms with Crippen LogP contribution in [-0.4, -0.2) is 34.8 Å². The lowest BCUT2D eigenvalue weighted by Gasteiger charge is -2.21. The number of aryl methyl sites for hydroxylation is 1. The van der Waals surface area contributed by atoms with Crippen molar-refractivity contribution in [3.63, 3.8) is 0 Å². The molecule has 2 heterocycles. The molecule has 0 spiro atoms. The van der Waals surface area contributed by atoms with Gasteiger partial charge in [-0.3, -0.25) is 4.79 Å². The standard InChI is InChI=1S/C23H26ClN5O/c1-5-28(6-2)19-9-11-20(12-10-19)29-16(3)14-18(17(29)4)15-26-27-23(30)21-8-7-13-25-22(21)24/h7-15H,5-6H2,1-4H3,(H,27,30). The number of benzene rings is 1. The lowest BCUT2D eigenvalue weighted by atomic mass is 10.2. The number of aromatic nitrogens is 2. The van der Waals surface area contributed by atoms with E-state index in [0.717, 1.165) is 35.7 Å². The van der Waals surface area contributed by atoms with E-state index in [0.29, 0.717) is 0 Å². The highest BCUT2D eigenvalue weighted by atomic mass is 35.5. The van der Waals surface area contributed by atoms with Gasteiger partial charge in [-0.2, -0.15) is 5.10 Å². The Morgan fingerprint density at radius 2 is 1.90 bits per heavy atom. The van der Waals surface area contributed by atoms with Crippen LogP contribution in [0.4, 0.5) is 5.69 Å². The van der Waals surface area contributed by atoms with E-state index in [1.807, 2.05) is 13.0 Å². The molecule has 0 saturated heterocycles. The van der Waals surface area contributed by atoms with Gasteiger partial charge in [-0.15, -0.1) is 0 Å². The van der Waals surface area contributed by atoms with Gasteiger partial charge in [0.05, 0.1) is 11.8 Å². The molecule has 0 atom stereocenters. The number of rotatable bonds is 7. The Morgan fingerprint density at radius 1 is 1.20 bits per heavy atom. The highest BCUT2D eigenvalue weighted by Crippen LogP contribution is 2.23. The molecule has 3 aromatic rings. The molecular weight excluding hydrogens is 398 g/mol. The molecule has 0 radical (unpaired) electrons. The van der Waals surface area contributed by atoms with Crippen LogP contribution in [0.2, 0.25) is 5.15 Å². The summed E-state index contributed by atoms with van der Waals surface area (Å²) >= 11 is 5.95. The summed E-state index contributed by atoms with van der Waals surface area (Å²) in [4.78, 5) is 18.4. The topological polar surface area (TPSA) is 62.5 Å². The highest BCUT2D eigenvalue weighted by molar-refractivity contribution is 6.32. The number of hydrazone groups is 1. The van der Waals surface area contributed by atoms with Gasteiger partial charge in [0, 0.05) is 47.6 Å². The summed E-state index contributed by atoms with van der Waals surface area (Å²) in [7, 11) is 0. The van der Waals surface area contributed by atoms with Crippen LogP contribution in [0.25, 0.3) is 5.69 Å². The second-order valence-corrected chi connectivity index (χ2v) is 7.25. The van der Waals surface area contributed by atoms with Crippen molar-refractivity contribution in [1.29, 1.82) is 0 Å². The minimum Gasteiger partial charge on any atom is -0.372 e. The minimum absolute atomic E-state index is 0.150. The number of nitrogens with zero attached hydrogens (tertiary/aromatic N) is 4. The number of hydrogen-bond acceptors (Lipinski definition) is 4. The molecule has 1 amide bonds. The Labute approximate surface area is 182 Å². The van der Waals surface area contributed by atoms with Crippen molar-refractivity contribution in [3.05, 3.63) is 76.3 Å². The minimum atomic E-state index is -0.398. The molecule has 0 fully saturated rings. The first-order chi connectivity index (χ1) is 14.5. The summed E-state index contributed by atoms with van der Waals surface area (Å²) in [6.45, 7) is 10.4. The van der Waals surface area contributed by atoms with Crippen LogP contribution in [0.15, 0.2) is 53.8 Å². The van der Waals surface area contributed by atoms with Crippen LogP contribution < -0.4 is 10.3 Å². The van der Waals surface area contributed by atoms with Crippen LogP contribution in [0.1, 0.15) is 41.2 Å². The molecule has 0 saturated carbocycles. The molecule has 0 unspecified atom stereocenters. The summed E-state index contributed by atoms with van der Waals surface area (Å²) in [5, 5.41) is 4.25. The second-order valence-electron chi connectivity index (χ2n) is 6.89. The summed E-state index contributed by atoms with van der Waals surface area (Å²) in [5.74, 6) is -0.398. The van der Waals surface area contributed by atoms with Gasteiger partial charge in [-0.25, -0.2) is 10.4 Å². The van der Waals surface area contributed by atoms with E-state index < -0.39 is 5.91 Å². The van der Waals surface area contributed by atoms with E-state index in [-0.39, 0.29) is 10.7 Å². The first-order valence-corrected chi connectivity index (χ1v) is 10.3. The van der Waals surface area contributed by atoms with Crippen molar-refractivity contribution in [2.45, 2.75) is 27.7 Å². The number of carbonyl (C=O) groups is 1. The van der Waals surface area contributed by atoms with Gasteiger partial charge in [0.25, 0.3) is 5.91 Å². The van der Waals surface area contributed by atoms with Gasteiger partial charge in [0.15, 0.2) is 0 Å². The fourth-order valence-electron chi connectivity index (χ4n) is 3.49. The number of pyridine rings is 1. The molecule has 0 aliphatic heterocycles. The van der Waals surface area contributed by atoms with Gasteiger partial charge in [0.1, 0.15) is 5.15 Å². The summed E-state index contributed by atoms with van der Waals surface area (Å²) < 4.78 is 2.17. The van der Waals surface area contributed by atoms with E-state index in [4.69, 9.17) is 11.6 Å². The third-order valence-corrected chi connectivity index (χ3v) is 5.38. The van der Waals surface area contributed by atoms with E-state index in [1.54, 1.807) is 18.3 Å². The average Bonchev–Trinajstić information content (AvgIpc) is 3.03. The SMILES string of the molecule is CCN(CC)c1ccc(-n2c(C)cc(C=NNC(=O)c3cccnc3Cl)c2C)cc1. The Balaban J connectivity index is 1.78. The first kappa shape index (κ1) is 21.6. The monoisotopic (exact) mass is 423 g/mol. The Kier molecular flexibility index (Phi) is 6.90. The van der Waals surface area contributed by atoms with Gasteiger partial charge in [0.2, 0.25) is 0 Å². The number of anilines is 1. The van der Waals surface area contributed by atoms with Crippen LogP contribution in [0.3, 0.4) is 0 Å². The Morgan fingerprint density at radius 3 is 2.53 bits per heavy atom. The quantitative estimate of drug-likeness (QED) is 0.339. The second kappa shape index (κ2) is 9.59. The van der Waals surface area contributed by atoms with Crippen molar-refractivity contribution in [1.82, 2.24) is 15.0 Å². The Hall–Kier alpha value is -3.12. The zero-order valence-corrected chi connectivity index (χ0v) is 18.4. The maximum Gasteiger partial charge on any atom is 0.274 e. The van der Waals surface area contributed by atoms with E-state index in [9.17, 15) is 4.79 Å². The molecule has 30 heavy (non-hydrogen) atoms. The molecular formula is C23H26ClN5O. The fraction of sp³-hybridized carbons (Fsp3) is 0.261. The largest absolute Gasteiger partial charge is 0.372 e. The molecule has 6 nitrogen and oxygen atoms in total. The van der Waals surface area contributed by atoms with Crippen molar-refractivity contribution in [2.24, 2.45) is 5.10 Å². The molecule has 156 valence electrons. The first-order valence-electron chi connectivity index (χ1n) is 9.94. The van der Waals surface area contributed by atoms with Crippen LogP contribution in [0.5, 0.6) is 0 Å². The van der Waals surface area contributed by atoms with E-state index >= 15 is 0 Å². The van der Waals surface area contributed by atoms with Gasteiger partial charge in [-0.05, 0) is 70.2 Å². The maximum absolute atomic E-state index is 12.2. The third-order valence-electron chi connectivity index (χ3n) is 5.08. The number of carbonyl (C=O) groups excluding carboxylic acids is 1.